The summed E-state index contributed by atoms with van der Waals surface area (Å²) < 4.78 is 0. The highest BCUT2D eigenvalue weighted by Crippen LogP contribution is 2.35. The largest absolute Gasteiger partial charge is 0.392 e. The third-order valence-corrected chi connectivity index (χ3v) is 3.97. The van der Waals surface area contributed by atoms with Gasteiger partial charge in [-0.05, 0) is 35.7 Å². The maximum absolute atomic E-state index is 9.51. The molecule has 1 unspecified atom stereocenters. The van der Waals surface area contributed by atoms with Crippen LogP contribution >= 0.6 is 34.8 Å². The van der Waals surface area contributed by atoms with E-state index in [2.05, 4.69) is 4.98 Å². The van der Waals surface area contributed by atoms with E-state index in [9.17, 15) is 5.11 Å². The quantitative estimate of drug-likeness (QED) is 0.814. The predicted molar refractivity (Wildman–Crippen MR) is 88.1 cm³/mol. The molecule has 0 aliphatic rings. The number of aliphatic hydroxyl groups excluding tert-OH is 1. The average molecular weight is 343 g/mol. The first kappa shape index (κ1) is 16.3. The summed E-state index contributed by atoms with van der Waals surface area (Å²) in [5, 5.41) is 10.7. The lowest BCUT2D eigenvalue weighted by Gasteiger charge is -2.19. The molecule has 1 aromatic carbocycles. The van der Waals surface area contributed by atoms with Crippen LogP contribution < -0.4 is 0 Å². The minimum Gasteiger partial charge on any atom is -0.392 e. The summed E-state index contributed by atoms with van der Waals surface area (Å²) in [6.45, 7) is -0.0739. The van der Waals surface area contributed by atoms with E-state index >= 15 is 0 Å². The summed E-state index contributed by atoms with van der Waals surface area (Å²) in [6.07, 6.45) is 4.18. The van der Waals surface area contributed by atoms with Crippen molar-refractivity contribution in [2.24, 2.45) is 0 Å². The molecule has 2 aromatic rings. The molecule has 0 fully saturated rings. The minimum atomic E-state index is -0.0897. The van der Waals surface area contributed by atoms with Gasteiger partial charge in [0.15, 0.2) is 0 Å². The highest BCUT2D eigenvalue weighted by Gasteiger charge is 2.20. The summed E-state index contributed by atoms with van der Waals surface area (Å²) in [4.78, 5) is 4.41. The molecule has 0 aliphatic heterocycles. The van der Waals surface area contributed by atoms with Gasteiger partial charge in [0.2, 0.25) is 0 Å². The molecular formula is C16H14Cl3NO. The van der Waals surface area contributed by atoms with E-state index in [-0.39, 0.29) is 12.5 Å². The predicted octanol–water partition coefficient (Wildman–Crippen LogP) is 5.16. The van der Waals surface area contributed by atoms with Gasteiger partial charge in [-0.3, -0.25) is 4.98 Å². The number of aromatic nitrogens is 1. The molecule has 0 bridgehead atoms. The number of halogens is 3. The van der Waals surface area contributed by atoms with E-state index in [1.54, 1.807) is 24.4 Å². The first-order valence-electron chi connectivity index (χ1n) is 6.42. The Kier molecular flexibility index (Phi) is 6.07. The zero-order valence-corrected chi connectivity index (χ0v) is 13.4. The number of allylic oxidation sites excluding steroid dienone is 1. The normalized spacial score (nSPS) is 12.8. The zero-order chi connectivity index (χ0) is 15.2. The third kappa shape index (κ3) is 3.98. The van der Waals surface area contributed by atoms with Crippen LogP contribution in [0.25, 0.3) is 0 Å². The number of aliphatic hydroxyl groups is 1. The van der Waals surface area contributed by atoms with Crippen molar-refractivity contribution in [2.75, 3.05) is 0 Å². The van der Waals surface area contributed by atoms with Gasteiger partial charge in [-0.1, -0.05) is 53.0 Å². The molecule has 2 nitrogen and oxygen atoms in total. The van der Waals surface area contributed by atoms with Gasteiger partial charge in [0.25, 0.3) is 0 Å². The highest BCUT2D eigenvalue weighted by molar-refractivity contribution is 6.35. The van der Waals surface area contributed by atoms with Crippen LogP contribution in [-0.4, -0.2) is 10.1 Å². The smallest absolute Gasteiger partial charge is 0.0699 e. The Morgan fingerprint density at radius 1 is 1.24 bits per heavy atom. The number of nitrogens with zero attached hydrogens (tertiary/aromatic N) is 1. The van der Waals surface area contributed by atoms with Crippen LogP contribution in [0, 0.1) is 0 Å². The van der Waals surface area contributed by atoms with Crippen LogP contribution in [0.2, 0.25) is 10.0 Å². The molecular weight excluding hydrogens is 329 g/mol. The summed E-state index contributed by atoms with van der Waals surface area (Å²) in [5.74, 6) is -0.0897. The van der Waals surface area contributed by atoms with Crippen LogP contribution in [0.15, 0.2) is 48.1 Å². The fourth-order valence-electron chi connectivity index (χ4n) is 2.26. The van der Waals surface area contributed by atoms with Crippen LogP contribution in [0.5, 0.6) is 0 Å². The fourth-order valence-corrected chi connectivity index (χ4v) is 2.90. The second kappa shape index (κ2) is 7.81. The van der Waals surface area contributed by atoms with Crippen molar-refractivity contribution in [1.29, 1.82) is 0 Å². The molecule has 21 heavy (non-hydrogen) atoms. The van der Waals surface area contributed by atoms with E-state index in [4.69, 9.17) is 34.8 Å². The van der Waals surface area contributed by atoms with Crippen molar-refractivity contribution in [2.45, 2.75) is 18.9 Å². The van der Waals surface area contributed by atoms with Gasteiger partial charge in [0, 0.05) is 27.7 Å². The lowest BCUT2D eigenvalue weighted by atomic mass is 9.89. The number of benzene rings is 1. The first-order valence-corrected chi connectivity index (χ1v) is 7.61. The Morgan fingerprint density at radius 2 is 2.05 bits per heavy atom. The second-order valence-electron chi connectivity index (χ2n) is 4.52. The molecule has 1 N–H and O–H groups in total. The molecule has 1 atom stereocenters. The molecule has 1 heterocycles. The van der Waals surface area contributed by atoms with Crippen LogP contribution in [0.4, 0.5) is 0 Å². The molecule has 0 amide bonds. The topological polar surface area (TPSA) is 33.1 Å². The average Bonchev–Trinajstić information content (AvgIpc) is 2.49. The van der Waals surface area contributed by atoms with Gasteiger partial charge < -0.3 is 5.11 Å². The van der Waals surface area contributed by atoms with Gasteiger partial charge in [0.05, 0.1) is 12.3 Å². The maximum Gasteiger partial charge on any atom is 0.0699 e. The van der Waals surface area contributed by atoms with Crippen molar-refractivity contribution in [3.63, 3.8) is 0 Å². The van der Waals surface area contributed by atoms with Crippen LogP contribution in [0.3, 0.4) is 0 Å². The van der Waals surface area contributed by atoms with Crippen molar-refractivity contribution < 1.29 is 5.11 Å². The van der Waals surface area contributed by atoms with Gasteiger partial charge in [-0.15, -0.1) is 0 Å². The molecule has 1 aromatic heterocycles. The fraction of sp³-hybridized carbons (Fsp3) is 0.188. The van der Waals surface area contributed by atoms with Gasteiger partial charge in [-0.25, -0.2) is 0 Å². The monoisotopic (exact) mass is 341 g/mol. The second-order valence-corrected chi connectivity index (χ2v) is 5.62. The summed E-state index contributed by atoms with van der Waals surface area (Å²) in [6, 6.07) is 9.03. The summed E-state index contributed by atoms with van der Waals surface area (Å²) in [5.41, 5.74) is 3.94. The lowest BCUT2D eigenvalue weighted by Crippen LogP contribution is -2.07. The van der Waals surface area contributed by atoms with E-state index in [1.165, 1.54) is 5.54 Å². The molecule has 110 valence electrons. The molecule has 5 heteroatoms. The Balaban J connectivity index is 2.52. The number of rotatable bonds is 5. The number of pyridine rings is 1. The minimum absolute atomic E-state index is 0.0739. The first-order chi connectivity index (χ1) is 10.2. The van der Waals surface area contributed by atoms with Crippen molar-refractivity contribution in [1.82, 2.24) is 4.98 Å². The van der Waals surface area contributed by atoms with E-state index < -0.39 is 0 Å². The lowest BCUT2D eigenvalue weighted by molar-refractivity contribution is 0.279. The molecule has 0 spiro atoms. The van der Waals surface area contributed by atoms with Gasteiger partial charge >= 0.3 is 0 Å². The summed E-state index contributed by atoms with van der Waals surface area (Å²) in [7, 11) is 0. The number of hydrogen-bond acceptors (Lipinski definition) is 2. The molecule has 2 rings (SSSR count). The Bertz CT molecular complexity index is 643. The number of hydrogen-bond donors (Lipinski definition) is 1. The van der Waals surface area contributed by atoms with Crippen molar-refractivity contribution in [3.05, 3.63) is 75.0 Å². The SMILES string of the molecule is OCc1cccnc1C(CC=CCl)c1ccc(Cl)cc1Cl. The molecule has 0 aliphatic carbocycles. The molecule has 0 saturated carbocycles. The molecule has 0 saturated heterocycles. The van der Waals surface area contributed by atoms with Crippen LogP contribution in [0.1, 0.15) is 29.2 Å². The third-order valence-electron chi connectivity index (χ3n) is 3.23. The highest BCUT2D eigenvalue weighted by atomic mass is 35.5. The van der Waals surface area contributed by atoms with E-state index in [0.29, 0.717) is 16.5 Å². The zero-order valence-electron chi connectivity index (χ0n) is 11.1. The van der Waals surface area contributed by atoms with Crippen molar-refractivity contribution in [3.8, 4) is 0 Å². The molecule has 0 radical (unpaired) electrons. The standard InChI is InChI=1S/C16H14Cl3NO/c17-7-1-4-14(13-6-5-12(18)9-15(13)19)16-11(10-21)3-2-8-20-16/h1-3,5-9,14,21H,4,10H2. The Morgan fingerprint density at radius 3 is 2.71 bits per heavy atom. The Labute approximate surface area is 139 Å². The van der Waals surface area contributed by atoms with Gasteiger partial charge in [-0.2, -0.15) is 0 Å². The van der Waals surface area contributed by atoms with Gasteiger partial charge in [0.1, 0.15) is 0 Å². The maximum atomic E-state index is 9.51. The van der Waals surface area contributed by atoms with Crippen LogP contribution in [-0.2, 0) is 6.61 Å². The Hall–Kier alpha value is -1.06. The summed E-state index contributed by atoms with van der Waals surface area (Å²) >= 11 is 17.9. The van der Waals surface area contributed by atoms with E-state index in [1.807, 2.05) is 18.2 Å². The van der Waals surface area contributed by atoms with Crippen molar-refractivity contribution >= 4 is 34.8 Å². The van der Waals surface area contributed by atoms with E-state index in [0.717, 1.165) is 16.8 Å².